The van der Waals surface area contributed by atoms with Gasteiger partial charge in [0.15, 0.2) is 0 Å². The molecule has 23 heavy (non-hydrogen) atoms. The van der Waals surface area contributed by atoms with Crippen LogP contribution in [-0.4, -0.2) is 51.9 Å². The molecule has 2 aromatic heterocycles. The number of benzene rings is 1. The average molecular weight is 307 g/mol. The van der Waals surface area contributed by atoms with E-state index in [0.29, 0.717) is 13.1 Å². The number of carbonyl (C=O) groups is 1. The SMILES string of the molecule is O=C(c1ccccc1)N1CCN(c2ncnc3[nH]ccc23)CC1. The summed E-state index contributed by atoms with van der Waals surface area (Å²) in [7, 11) is 0. The first kappa shape index (κ1) is 13.8. The van der Waals surface area contributed by atoms with Crippen LogP contribution in [-0.2, 0) is 0 Å². The van der Waals surface area contributed by atoms with Crippen molar-refractivity contribution in [1.82, 2.24) is 19.9 Å². The molecule has 0 atom stereocenters. The van der Waals surface area contributed by atoms with Crippen molar-refractivity contribution in [3.8, 4) is 0 Å². The molecule has 0 saturated carbocycles. The predicted molar refractivity (Wildman–Crippen MR) is 88.4 cm³/mol. The lowest BCUT2D eigenvalue weighted by Crippen LogP contribution is -2.49. The fourth-order valence-corrected chi connectivity index (χ4v) is 3.00. The smallest absolute Gasteiger partial charge is 0.253 e. The number of fused-ring (bicyclic) bond motifs is 1. The van der Waals surface area contributed by atoms with E-state index in [4.69, 9.17) is 0 Å². The van der Waals surface area contributed by atoms with Crippen molar-refractivity contribution >= 4 is 22.8 Å². The highest BCUT2D eigenvalue weighted by atomic mass is 16.2. The van der Waals surface area contributed by atoms with E-state index in [9.17, 15) is 4.79 Å². The average Bonchev–Trinajstić information content (AvgIpc) is 3.11. The number of amides is 1. The topological polar surface area (TPSA) is 65.1 Å². The van der Waals surface area contributed by atoms with Crippen molar-refractivity contribution in [3.05, 3.63) is 54.5 Å². The van der Waals surface area contributed by atoms with E-state index < -0.39 is 0 Å². The third kappa shape index (κ3) is 2.52. The van der Waals surface area contributed by atoms with Crippen molar-refractivity contribution in [3.63, 3.8) is 0 Å². The maximum Gasteiger partial charge on any atom is 0.253 e. The number of rotatable bonds is 2. The number of nitrogens with zero attached hydrogens (tertiary/aromatic N) is 4. The van der Waals surface area contributed by atoms with E-state index in [-0.39, 0.29) is 5.91 Å². The molecule has 3 aromatic rings. The minimum absolute atomic E-state index is 0.0970. The van der Waals surface area contributed by atoms with Gasteiger partial charge in [-0.25, -0.2) is 9.97 Å². The summed E-state index contributed by atoms with van der Waals surface area (Å²) in [4.78, 5) is 28.4. The summed E-state index contributed by atoms with van der Waals surface area (Å²) in [6, 6.07) is 11.4. The molecule has 3 heterocycles. The fourth-order valence-electron chi connectivity index (χ4n) is 3.00. The molecular weight excluding hydrogens is 290 g/mol. The normalized spacial score (nSPS) is 15.1. The molecule has 116 valence electrons. The van der Waals surface area contributed by atoms with Gasteiger partial charge in [0, 0.05) is 37.9 Å². The molecule has 6 nitrogen and oxygen atoms in total. The number of carbonyl (C=O) groups excluding carboxylic acids is 1. The molecule has 1 fully saturated rings. The number of H-pyrrole nitrogens is 1. The fraction of sp³-hybridized carbons (Fsp3) is 0.235. The van der Waals surface area contributed by atoms with Crippen LogP contribution in [0.4, 0.5) is 5.82 Å². The second-order valence-corrected chi connectivity index (χ2v) is 5.58. The predicted octanol–water partition coefficient (Wildman–Crippen LogP) is 1.92. The van der Waals surface area contributed by atoms with Crippen LogP contribution in [0.1, 0.15) is 10.4 Å². The van der Waals surface area contributed by atoms with E-state index in [0.717, 1.165) is 35.5 Å². The van der Waals surface area contributed by atoms with Crippen molar-refractivity contribution in [1.29, 1.82) is 0 Å². The lowest BCUT2D eigenvalue weighted by molar-refractivity contribution is 0.0746. The van der Waals surface area contributed by atoms with Crippen LogP contribution in [0.25, 0.3) is 11.0 Å². The Bertz CT molecular complexity index is 821. The van der Waals surface area contributed by atoms with Gasteiger partial charge in [-0.2, -0.15) is 0 Å². The van der Waals surface area contributed by atoms with Gasteiger partial charge >= 0.3 is 0 Å². The highest BCUT2D eigenvalue weighted by Crippen LogP contribution is 2.23. The van der Waals surface area contributed by atoms with Gasteiger partial charge < -0.3 is 14.8 Å². The van der Waals surface area contributed by atoms with Gasteiger partial charge in [-0.1, -0.05) is 18.2 Å². The maximum absolute atomic E-state index is 12.5. The highest BCUT2D eigenvalue weighted by molar-refractivity contribution is 5.94. The Balaban J connectivity index is 1.49. The van der Waals surface area contributed by atoms with Crippen LogP contribution in [0.2, 0.25) is 0 Å². The zero-order valence-corrected chi connectivity index (χ0v) is 12.6. The van der Waals surface area contributed by atoms with E-state index in [2.05, 4.69) is 19.9 Å². The van der Waals surface area contributed by atoms with Crippen LogP contribution >= 0.6 is 0 Å². The molecule has 0 unspecified atom stereocenters. The van der Waals surface area contributed by atoms with Gasteiger partial charge in [-0.15, -0.1) is 0 Å². The van der Waals surface area contributed by atoms with Crippen LogP contribution in [0.3, 0.4) is 0 Å². The summed E-state index contributed by atoms with van der Waals surface area (Å²) in [5.41, 5.74) is 1.59. The number of aromatic amines is 1. The van der Waals surface area contributed by atoms with Gasteiger partial charge in [0.25, 0.3) is 5.91 Å². The van der Waals surface area contributed by atoms with Gasteiger partial charge in [-0.05, 0) is 18.2 Å². The lowest BCUT2D eigenvalue weighted by Gasteiger charge is -2.35. The Morgan fingerprint density at radius 3 is 2.57 bits per heavy atom. The Morgan fingerprint density at radius 1 is 1.00 bits per heavy atom. The summed E-state index contributed by atoms with van der Waals surface area (Å²) in [5.74, 6) is 1.03. The van der Waals surface area contributed by atoms with Crippen LogP contribution in [0.5, 0.6) is 0 Å². The first-order chi connectivity index (χ1) is 11.3. The molecule has 1 aliphatic heterocycles. The molecule has 0 spiro atoms. The van der Waals surface area contributed by atoms with Gasteiger partial charge in [-0.3, -0.25) is 4.79 Å². The van der Waals surface area contributed by atoms with Crippen molar-refractivity contribution in [2.75, 3.05) is 31.1 Å². The van der Waals surface area contributed by atoms with Gasteiger partial charge in [0.2, 0.25) is 0 Å². The third-order valence-corrected chi connectivity index (χ3v) is 4.22. The Hall–Kier alpha value is -2.89. The number of hydrogen-bond acceptors (Lipinski definition) is 4. The summed E-state index contributed by atoms with van der Waals surface area (Å²) in [6.07, 6.45) is 3.45. The second-order valence-electron chi connectivity index (χ2n) is 5.58. The van der Waals surface area contributed by atoms with Crippen LogP contribution in [0, 0.1) is 0 Å². The van der Waals surface area contributed by atoms with E-state index >= 15 is 0 Å². The molecule has 0 aliphatic carbocycles. The standard InChI is InChI=1S/C17H17N5O/c23-17(13-4-2-1-3-5-13)22-10-8-21(9-11-22)16-14-6-7-18-15(14)19-12-20-16/h1-7,12H,8-11H2,(H,18,19,20). The third-order valence-electron chi connectivity index (χ3n) is 4.22. The Morgan fingerprint density at radius 2 is 1.78 bits per heavy atom. The molecule has 1 aliphatic rings. The van der Waals surface area contributed by atoms with Crippen LogP contribution < -0.4 is 4.90 Å². The number of piperazine rings is 1. The molecule has 1 N–H and O–H groups in total. The molecule has 0 radical (unpaired) electrons. The largest absolute Gasteiger partial charge is 0.352 e. The minimum Gasteiger partial charge on any atom is -0.352 e. The number of hydrogen-bond donors (Lipinski definition) is 1. The molecule has 6 heteroatoms. The van der Waals surface area contributed by atoms with Crippen LogP contribution in [0.15, 0.2) is 48.9 Å². The summed E-state index contributed by atoms with van der Waals surface area (Å²) < 4.78 is 0. The Kier molecular flexibility index (Phi) is 3.42. The van der Waals surface area contributed by atoms with E-state index in [1.807, 2.05) is 47.5 Å². The molecule has 4 rings (SSSR count). The van der Waals surface area contributed by atoms with Crippen molar-refractivity contribution in [2.24, 2.45) is 0 Å². The van der Waals surface area contributed by atoms with E-state index in [1.54, 1.807) is 6.33 Å². The monoisotopic (exact) mass is 307 g/mol. The second kappa shape index (κ2) is 5.72. The molecule has 0 bridgehead atoms. The highest BCUT2D eigenvalue weighted by Gasteiger charge is 2.23. The Labute approximate surface area is 133 Å². The van der Waals surface area contributed by atoms with Crippen molar-refractivity contribution in [2.45, 2.75) is 0 Å². The molecule has 1 saturated heterocycles. The lowest BCUT2D eigenvalue weighted by atomic mass is 10.2. The minimum atomic E-state index is 0.0970. The number of aromatic nitrogens is 3. The summed E-state index contributed by atoms with van der Waals surface area (Å²) in [5, 5.41) is 1.02. The van der Waals surface area contributed by atoms with Gasteiger partial charge in [0.1, 0.15) is 17.8 Å². The quantitative estimate of drug-likeness (QED) is 0.785. The molecule has 1 amide bonds. The molecule has 1 aromatic carbocycles. The number of nitrogens with one attached hydrogen (secondary N) is 1. The first-order valence-corrected chi connectivity index (χ1v) is 7.70. The van der Waals surface area contributed by atoms with E-state index in [1.165, 1.54) is 0 Å². The molecular formula is C17H17N5O. The van der Waals surface area contributed by atoms with Gasteiger partial charge in [0.05, 0.1) is 5.39 Å². The zero-order valence-electron chi connectivity index (χ0n) is 12.6. The summed E-state index contributed by atoms with van der Waals surface area (Å²) >= 11 is 0. The first-order valence-electron chi connectivity index (χ1n) is 7.70. The zero-order chi connectivity index (χ0) is 15.6. The number of anilines is 1. The van der Waals surface area contributed by atoms with Crippen molar-refractivity contribution < 1.29 is 4.79 Å². The summed E-state index contributed by atoms with van der Waals surface area (Å²) in [6.45, 7) is 2.94. The maximum atomic E-state index is 12.5.